The number of rotatable bonds is 7. The Kier molecular flexibility index (Phi) is 5.38. The Morgan fingerprint density at radius 2 is 2.00 bits per heavy atom. The van der Waals surface area contributed by atoms with Gasteiger partial charge >= 0.3 is 0 Å². The molecule has 0 saturated carbocycles. The van der Waals surface area contributed by atoms with Crippen LogP contribution in [0.3, 0.4) is 0 Å². The molecule has 0 aliphatic carbocycles. The van der Waals surface area contributed by atoms with Crippen LogP contribution >= 0.6 is 0 Å². The number of hydrogen-bond donors (Lipinski definition) is 3. The van der Waals surface area contributed by atoms with Gasteiger partial charge in [-0.1, -0.05) is 37.3 Å². The summed E-state index contributed by atoms with van der Waals surface area (Å²) in [6.07, 6.45) is 0.560. The fourth-order valence-electron chi connectivity index (χ4n) is 2.05. The fourth-order valence-corrected chi connectivity index (χ4v) is 2.05. The minimum Gasteiger partial charge on any atom is -0.507 e. The molecular weight excluding hydrogens is 280 g/mol. The molecule has 2 rings (SSSR count). The SMILES string of the molecule is CCC(NCc1ccccc1)Oc1ccc(C(N)=O)c(O)c1. The Morgan fingerprint density at radius 3 is 2.59 bits per heavy atom. The Balaban J connectivity index is 1.98. The van der Waals surface area contributed by atoms with Gasteiger partial charge in [-0.2, -0.15) is 0 Å². The molecule has 0 saturated heterocycles. The molecule has 22 heavy (non-hydrogen) atoms. The van der Waals surface area contributed by atoms with Gasteiger partial charge in [-0.15, -0.1) is 0 Å². The molecule has 1 unspecified atom stereocenters. The Labute approximate surface area is 129 Å². The lowest BCUT2D eigenvalue weighted by atomic mass is 10.2. The minimum absolute atomic E-state index is 0.0812. The van der Waals surface area contributed by atoms with E-state index in [4.69, 9.17) is 10.5 Å². The maximum Gasteiger partial charge on any atom is 0.252 e. The van der Waals surface area contributed by atoms with E-state index in [1.54, 1.807) is 6.07 Å². The molecule has 116 valence electrons. The van der Waals surface area contributed by atoms with E-state index >= 15 is 0 Å². The van der Waals surface area contributed by atoms with Crippen molar-refractivity contribution in [2.75, 3.05) is 0 Å². The first kappa shape index (κ1) is 15.9. The van der Waals surface area contributed by atoms with Gasteiger partial charge in [0.1, 0.15) is 17.7 Å². The second-order valence-corrected chi connectivity index (χ2v) is 4.92. The Bertz CT molecular complexity index is 629. The Morgan fingerprint density at radius 1 is 1.27 bits per heavy atom. The Hall–Kier alpha value is -2.53. The molecule has 4 N–H and O–H groups in total. The highest BCUT2D eigenvalue weighted by Gasteiger charge is 2.11. The second kappa shape index (κ2) is 7.47. The lowest BCUT2D eigenvalue weighted by Gasteiger charge is -2.19. The summed E-state index contributed by atoms with van der Waals surface area (Å²) < 4.78 is 5.78. The molecule has 0 aliphatic rings. The maximum absolute atomic E-state index is 11.1. The summed E-state index contributed by atoms with van der Waals surface area (Å²) in [4.78, 5) is 11.1. The molecule has 5 heteroatoms. The van der Waals surface area contributed by atoms with Crippen molar-refractivity contribution in [3.8, 4) is 11.5 Å². The van der Waals surface area contributed by atoms with Crippen LogP contribution in [0.4, 0.5) is 0 Å². The van der Waals surface area contributed by atoms with Gasteiger partial charge in [0.2, 0.25) is 0 Å². The number of nitrogens with one attached hydrogen (secondary N) is 1. The van der Waals surface area contributed by atoms with Gasteiger partial charge in [-0.3, -0.25) is 10.1 Å². The highest BCUT2D eigenvalue weighted by Crippen LogP contribution is 2.24. The molecule has 0 aromatic heterocycles. The zero-order valence-electron chi connectivity index (χ0n) is 12.5. The molecule has 2 aromatic rings. The van der Waals surface area contributed by atoms with E-state index < -0.39 is 5.91 Å². The van der Waals surface area contributed by atoms with Crippen LogP contribution in [0.25, 0.3) is 0 Å². The second-order valence-electron chi connectivity index (χ2n) is 4.92. The van der Waals surface area contributed by atoms with E-state index in [9.17, 15) is 9.90 Å². The highest BCUT2D eigenvalue weighted by atomic mass is 16.5. The zero-order valence-corrected chi connectivity index (χ0v) is 12.5. The van der Waals surface area contributed by atoms with E-state index in [1.165, 1.54) is 12.1 Å². The van der Waals surface area contributed by atoms with Gasteiger partial charge in [0.25, 0.3) is 5.91 Å². The van der Waals surface area contributed by atoms with E-state index in [-0.39, 0.29) is 17.5 Å². The molecule has 0 heterocycles. The van der Waals surface area contributed by atoms with Crippen molar-refractivity contribution in [3.63, 3.8) is 0 Å². The van der Waals surface area contributed by atoms with Gasteiger partial charge in [-0.25, -0.2) is 0 Å². The summed E-state index contributed by atoms with van der Waals surface area (Å²) in [7, 11) is 0. The van der Waals surface area contributed by atoms with Crippen LogP contribution in [0, 0.1) is 0 Å². The molecule has 0 fully saturated rings. The van der Waals surface area contributed by atoms with E-state index in [1.807, 2.05) is 37.3 Å². The average Bonchev–Trinajstić information content (AvgIpc) is 2.52. The van der Waals surface area contributed by atoms with Crippen LogP contribution in [0.15, 0.2) is 48.5 Å². The van der Waals surface area contributed by atoms with Crippen molar-refractivity contribution >= 4 is 5.91 Å². The molecule has 0 spiro atoms. The van der Waals surface area contributed by atoms with Crippen LogP contribution < -0.4 is 15.8 Å². The number of carbonyl (C=O) groups excluding carboxylic acids is 1. The van der Waals surface area contributed by atoms with Crippen LogP contribution in [-0.4, -0.2) is 17.2 Å². The monoisotopic (exact) mass is 300 g/mol. The molecule has 1 amide bonds. The van der Waals surface area contributed by atoms with Crippen molar-refractivity contribution in [1.82, 2.24) is 5.32 Å². The number of benzene rings is 2. The number of nitrogens with two attached hydrogens (primary N) is 1. The van der Waals surface area contributed by atoms with Gasteiger partial charge in [0.05, 0.1) is 5.56 Å². The maximum atomic E-state index is 11.1. The van der Waals surface area contributed by atoms with E-state index in [0.29, 0.717) is 12.3 Å². The van der Waals surface area contributed by atoms with Crippen LogP contribution in [0.5, 0.6) is 11.5 Å². The lowest BCUT2D eigenvalue weighted by Crippen LogP contribution is -2.33. The minimum atomic E-state index is -0.668. The molecule has 5 nitrogen and oxygen atoms in total. The van der Waals surface area contributed by atoms with Crippen molar-refractivity contribution in [1.29, 1.82) is 0 Å². The number of ether oxygens (including phenoxy) is 1. The highest BCUT2D eigenvalue weighted by molar-refractivity contribution is 5.95. The summed E-state index contributed by atoms with van der Waals surface area (Å²) in [5, 5.41) is 13.0. The average molecular weight is 300 g/mol. The smallest absolute Gasteiger partial charge is 0.252 e. The fraction of sp³-hybridized carbons (Fsp3) is 0.235. The first-order valence-corrected chi connectivity index (χ1v) is 7.17. The van der Waals surface area contributed by atoms with Crippen molar-refractivity contribution in [3.05, 3.63) is 59.7 Å². The number of carbonyl (C=O) groups is 1. The molecule has 1 atom stereocenters. The van der Waals surface area contributed by atoms with Crippen LogP contribution in [0.2, 0.25) is 0 Å². The predicted octanol–water partition coefficient (Wildman–Crippen LogP) is 2.40. The van der Waals surface area contributed by atoms with Gasteiger partial charge < -0.3 is 15.6 Å². The number of primary amides is 1. The largest absolute Gasteiger partial charge is 0.507 e. The first-order valence-electron chi connectivity index (χ1n) is 7.17. The van der Waals surface area contributed by atoms with E-state index in [2.05, 4.69) is 5.32 Å². The third kappa shape index (κ3) is 4.23. The summed E-state index contributed by atoms with van der Waals surface area (Å²) >= 11 is 0. The molecular formula is C17H20N2O3. The number of amides is 1. The van der Waals surface area contributed by atoms with Crippen molar-refractivity contribution in [2.24, 2.45) is 5.73 Å². The molecule has 0 radical (unpaired) electrons. The number of hydrogen-bond acceptors (Lipinski definition) is 4. The van der Waals surface area contributed by atoms with Gasteiger partial charge in [-0.05, 0) is 24.1 Å². The standard InChI is InChI=1S/C17H20N2O3/c1-2-16(19-11-12-6-4-3-5-7-12)22-13-8-9-14(17(18)21)15(20)10-13/h3-10,16,19-20H,2,11H2,1H3,(H2,18,21). The van der Waals surface area contributed by atoms with Crippen molar-refractivity contribution < 1.29 is 14.6 Å². The predicted molar refractivity (Wildman–Crippen MR) is 84.6 cm³/mol. The lowest BCUT2D eigenvalue weighted by molar-refractivity contribution is 0.0997. The first-order chi connectivity index (χ1) is 10.6. The van der Waals surface area contributed by atoms with Gasteiger partial charge in [0, 0.05) is 12.6 Å². The number of phenols is 1. The summed E-state index contributed by atoms with van der Waals surface area (Å²) in [5.74, 6) is -0.365. The van der Waals surface area contributed by atoms with Gasteiger partial charge in [0.15, 0.2) is 0 Å². The number of aromatic hydroxyl groups is 1. The zero-order chi connectivity index (χ0) is 15.9. The molecule has 2 aromatic carbocycles. The quantitative estimate of drug-likeness (QED) is 0.685. The summed E-state index contributed by atoms with van der Waals surface area (Å²) in [6, 6.07) is 14.5. The summed E-state index contributed by atoms with van der Waals surface area (Å²) in [6.45, 7) is 2.69. The third-order valence-electron chi connectivity index (χ3n) is 3.26. The molecule has 0 bridgehead atoms. The molecule has 0 aliphatic heterocycles. The summed E-state index contributed by atoms with van der Waals surface area (Å²) in [5.41, 5.74) is 6.40. The topological polar surface area (TPSA) is 84.6 Å². The van der Waals surface area contributed by atoms with Crippen LogP contribution in [-0.2, 0) is 6.54 Å². The van der Waals surface area contributed by atoms with Crippen molar-refractivity contribution in [2.45, 2.75) is 26.1 Å². The normalized spacial score (nSPS) is 11.9. The third-order valence-corrected chi connectivity index (χ3v) is 3.26. The van der Waals surface area contributed by atoms with E-state index in [0.717, 1.165) is 12.0 Å². The van der Waals surface area contributed by atoms with Crippen LogP contribution in [0.1, 0.15) is 29.3 Å².